The number of hydrogen-bond donors (Lipinski definition) is 0. The third-order valence-electron chi connectivity index (χ3n) is 11.2. The van der Waals surface area contributed by atoms with Crippen molar-refractivity contribution in [2.45, 2.75) is 0 Å². The van der Waals surface area contributed by atoms with Gasteiger partial charge in [-0.05, 0) is 126 Å². The number of furan rings is 1. The summed E-state index contributed by atoms with van der Waals surface area (Å²) in [5, 5.41) is 11.2. The molecule has 0 aliphatic rings. The van der Waals surface area contributed by atoms with Crippen molar-refractivity contribution in [3.8, 4) is 33.6 Å². The Hall–Kier alpha value is -7.42. The zero-order valence-corrected chi connectivity index (χ0v) is 30.6. The van der Waals surface area contributed by atoms with Gasteiger partial charge in [-0.15, -0.1) is 0 Å². The summed E-state index contributed by atoms with van der Waals surface area (Å²) in [6.07, 6.45) is 0. The molecule has 0 N–H and O–H groups in total. The molecule has 11 rings (SSSR count). The lowest BCUT2D eigenvalue weighted by Crippen LogP contribution is -2.11. The SMILES string of the molecule is c1ccc(N(c2ccc(-c3ccc4c(ccc5ccccc54)c3)cc2)c2ccc(-c3cc4ccccc4c4ccccc34)cc2)c(-c2cc3ccccc3o2)c1. The Morgan fingerprint density at radius 1 is 0.304 bits per heavy atom. The smallest absolute Gasteiger partial charge is 0.137 e. The lowest BCUT2D eigenvalue weighted by molar-refractivity contribution is 0.631. The van der Waals surface area contributed by atoms with Crippen LogP contribution in [-0.2, 0) is 0 Å². The molecule has 11 aromatic rings. The van der Waals surface area contributed by atoms with Crippen molar-refractivity contribution in [1.29, 1.82) is 0 Å². The first-order valence-corrected chi connectivity index (χ1v) is 19.2. The van der Waals surface area contributed by atoms with Gasteiger partial charge in [0.2, 0.25) is 0 Å². The fourth-order valence-corrected chi connectivity index (χ4v) is 8.50. The van der Waals surface area contributed by atoms with Gasteiger partial charge in [0, 0.05) is 22.3 Å². The number of rotatable bonds is 6. The number of hydrogen-bond acceptors (Lipinski definition) is 2. The number of anilines is 3. The topological polar surface area (TPSA) is 16.4 Å². The van der Waals surface area contributed by atoms with Crippen LogP contribution in [0.4, 0.5) is 17.1 Å². The van der Waals surface area contributed by atoms with E-state index in [1.54, 1.807) is 0 Å². The lowest BCUT2D eigenvalue weighted by Gasteiger charge is -2.27. The quantitative estimate of drug-likeness (QED) is 0.160. The molecule has 0 atom stereocenters. The third kappa shape index (κ3) is 5.42. The van der Waals surface area contributed by atoms with Crippen LogP contribution in [0.5, 0.6) is 0 Å². The van der Waals surface area contributed by atoms with E-state index in [-0.39, 0.29) is 0 Å². The molecule has 0 unspecified atom stereocenters. The van der Waals surface area contributed by atoms with Crippen molar-refractivity contribution in [3.05, 3.63) is 212 Å². The predicted octanol–water partition coefficient (Wildman–Crippen LogP) is 15.5. The average Bonchev–Trinajstić information content (AvgIpc) is 3.71. The van der Waals surface area contributed by atoms with Crippen molar-refractivity contribution in [2.75, 3.05) is 4.90 Å². The molecule has 1 heterocycles. The maximum Gasteiger partial charge on any atom is 0.137 e. The zero-order valence-electron chi connectivity index (χ0n) is 30.6. The first kappa shape index (κ1) is 32.0. The van der Waals surface area contributed by atoms with Crippen LogP contribution in [0.15, 0.2) is 217 Å². The van der Waals surface area contributed by atoms with Gasteiger partial charge in [-0.25, -0.2) is 0 Å². The monoisotopic (exact) mass is 713 g/mol. The van der Waals surface area contributed by atoms with E-state index >= 15 is 0 Å². The van der Waals surface area contributed by atoms with Gasteiger partial charge in [-0.3, -0.25) is 0 Å². The summed E-state index contributed by atoms with van der Waals surface area (Å²) in [6.45, 7) is 0. The van der Waals surface area contributed by atoms with Crippen LogP contribution < -0.4 is 4.90 Å². The minimum atomic E-state index is 0.839. The van der Waals surface area contributed by atoms with Gasteiger partial charge < -0.3 is 9.32 Å². The third-order valence-corrected chi connectivity index (χ3v) is 11.2. The van der Waals surface area contributed by atoms with Crippen LogP contribution in [0.3, 0.4) is 0 Å². The fraction of sp³-hybridized carbons (Fsp3) is 0. The second-order valence-corrected chi connectivity index (χ2v) is 14.5. The van der Waals surface area contributed by atoms with Gasteiger partial charge in [0.25, 0.3) is 0 Å². The maximum atomic E-state index is 6.48. The Morgan fingerprint density at radius 2 is 0.839 bits per heavy atom. The molecule has 0 bridgehead atoms. The van der Waals surface area contributed by atoms with Gasteiger partial charge in [0.1, 0.15) is 11.3 Å². The Bertz CT molecular complexity index is 3210. The first-order chi connectivity index (χ1) is 27.7. The number of fused-ring (bicyclic) bond motifs is 7. The number of benzene rings is 10. The molecule has 0 aliphatic carbocycles. The summed E-state index contributed by atoms with van der Waals surface area (Å²) >= 11 is 0. The van der Waals surface area contributed by atoms with Crippen LogP contribution in [-0.4, -0.2) is 0 Å². The highest BCUT2D eigenvalue weighted by atomic mass is 16.3. The van der Waals surface area contributed by atoms with Gasteiger partial charge in [0.05, 0.1) is 5.69 Å². The molecule has 0 radical (unpaired) electrons. The Balaban J connectivity index is 1.03. The molecule has 0 spiro atoms. The molecule has 0 fully saturated rings. The highest BCUT2D eigenvalue weighted by Crippen LogP contribution is 2.44. The van der Waals surface area contributed by atoms with Gasteiger partial charge in [-0.1, -0.05) is 152 Å². The molecule has 0 saturated heterocycles. The Morgan fingerprint density at radius 3 is 1.61 bits per heavy atom. The van der Waals surface area contributed by atoms with E-state index in [0.717, 1.165) is 39.4 Å². The number of para-hydroxylation sites is 2. The van der Waals surface area contributed by atoms with Gasteiger partial charge >= 0.3 is 0 Å². The average molecular weight is 714 g/mol. The molecule has 0 saturated carbocycles. The summed E-state index contributed by atoms with van der Waals surface area (Å²) in [7, 11) is 0. The molecular formula is C54H35NO. The van der Waals surface area contributed by atoms with E-state index in [9.17, 15) is 0 Å². The minimum Gasteiger partial charge on any atom is -0.456 e. The highest BCUT2D eigenvalue weighted by Gasteiger charge is 2.20. The van der Waals surface area contributed by atoms with Crippen LogP contribution >= 0.6 is 0 Å². The number of nitrogens with zero attached hydrogens (tertiary/aromatic N) is 1. The van der Waals surface area contributed by atoms with E-state index in [0.29, 0.717) is 0 Å². The first-order valence-electron chi connectivity index (χ1n) is 19.2. The summed E-state index contributed by atoms with van der Waals surface area (Å²) in [5.74, 6) is 0.839. The normalized spacial score (nSPS) is 11.6. The summed E-state index contributed by atoms with van der Waals surface area (Å²) in [5.41, 5.74) is 9.85. The van der Waals surface area contributed by atoms with Crippen molar-refractivity contribution >= 4 is 71.1 Å². The molecular weight excluding hydrogens is 679 g/mol. The molecule has 262 valence electrons. The maximum absolute atomic E-state index is 6.48. The largest absolute Gasteiger partial charge is 0.456 e. The van der Waals surface area contributed by atoms with E-state index in [1.165, 1.54) is 65.3 Å². The van der Waals surface area contributed by atoms with Crippen LogP contribution in [0.25, 0.3) is 87.6 Å². The molecule has 0 amide bonds. The molecule has 2 heteroatoms. The van der Waals surface area contributed by atoms with E-state index in [2.05, 4.69) is 205 Å². The molecule has 1 aromatic heterocycles. The van der Waals surface area contributed by atoms with Crippen LogP contribution in [0, 0.1) is 0 Å². The molecule has 2 nitrogen and oxygen atoms in total. The standard InChI is InChI=1S/C54H35NO/c1-4-14-45-37(11-1)21-22-41-33-39(27-32-47(41)45)36-23-28-43(29-24-36)55(52-19-9-8-18-50(52)54-35-42-13-3-10-20-53(42)56-54)44-30-25-38(26-31-44)51-34-40-12-2-5-15-46(40)48-16-6-7-17-49(48)51/h1-35H. The van der Waals surface area contributed by atoms with Crippen LogP contribution in [0.1, 0.15) is 0 Å². The second kappa shape index (κ2) is 13.2. The van der Waals surface area contributed by atoms with E-state index in [4.69, 9.17) is 4.42 Å². The van der Waals surface area contributed by atoms with Crippen molar-refractivity contribution in [3.63, 3.8) is 0 Å². The summed E-state index contributed by atoms with van der Waals surface area (Å²) < 4.78 is 6.48. The van der Waals surface area contributed by atoms with Gasteiger partial charge in [-0.2, -0.15) is 0 Å². The van der Waals surface area contributed by atoms with Crippen molar-refractivity contribution in [2.24, 2.45) is 0 Å². The van der Waals surface area contributed by atoms with Crippen molar-refractivity contribution < 1.29 is 4.42 Å². The Kier molecular flexibility index (Phi) is 7.53. The lowest BCUT2D eigenvalue weighted by atomic mass is 9.93. The van der Waals surface area contributed by atoms with Crippen LogP contribution in [0.2, 0.25) is 0 Å². The molecule has 56 heavy (non-hydrogen) atoms. The predicted molar refractivity (Wildman–Crippen MR) is 237 cm³/mol. The van der Waals surface area contributed by atoms with Gasteiger partial charge in [0.15, 0.2) is 0 Å². The fourth-order valence-electron chi connectivity index (χ4n) is 8.50. The van der Waals surface area contributed by atoms with Crippen molar-refractivity contribution in [1.82, 2.24) is 0 Å². The Labute approximate surface area is 325 Å². The zero-order chi connectivity index (χ0) is 37.0. The minimum absolute atomic E-state index is 0.839. The second-order valence-electron chi connectivity index (χ2n) is 14.5. The van der Waals surface area contributed by atoms with E-state index < -0.39 is 0 Å². The molecule has 0 aliphatic heterocycles. The summed E-state index contributed by atoms with van der Waals surface area (Å²) in [6, 6.07) is 76.5. The van der Waals surface area contributed by atoms with E-state index in [1.807, 2.05) is 12.1 Å². The highest BCUT2D eigenvalue weighted by molar-refractivity contribution is 6.14. The molecule has 10 aromatic carbocycles. The summed E-state index contributed by atoms with van der Waals surface area (Å²) in [4.78, 5) is 2.35.